The summed E-state index contributed by atoms with van der Waals surface area (Å²) in [4.78, 5) is 21.2. The molecule has 3 aliphatic rings. The van der Waals surface area contributed by atoms with E-state index in [0.717, 1.165) is 50.5 Å². The minimum Gasteiger partial charge on any atom is -0.381 e. The van der Waals surface area contributed by atoms with Gasteiger partial charge in [-0.15, -0.1) is 0 Å². The molecule has 3 fully saturated rings. The van der Waals surface area contributed by atoms with Crippen LogP contribution in [0.1, 0.15) is 55.2 Å². The van der Waals surface area contributed by atoms with Crippen LogP contribution in [0.25, 0.3) is 10.9 Å². The van der Waals surface area contributed by atoms with Gasteiger partial charge in [-0.25, -0.2) is 0 Å². The van der Waals surface area contributed by atoms with Crippen molar-refractivity contribution in [2.24, 2.45) is 5.92 Å². The van der Waals surface area contributed by atoms with Crippen molar-refractivity contribution in [3.05, 3.63) is 77.5 Å². The van der Waals surface area contributed by atoms with Gasteiger partial charge in [0.05, 0.1) is 10.9 Å². The first kappa shape index (κ1) is 21.8. The lowest BCUT2D eigenvalue weighted by Crippen LogP contribution is -2.56. The van der Waals surface area contributed by atoms with Crippen LogP contribution in [0.3, 0.4) is 0 Å². The molecule has 4 heterocycles. The quantitative estimate of drug-likeness (QED) is 0.515. The molecule has 176 valence electrons. The largest absolute Gasteiger partial charge is 0.381 e. The third-order valence-corrected chi connectivity index (χ3v) is 8.64. The molecule has 2 aromatic carbocycles. The Morgan fingerprint density at radius 3 is 2.56 bits per heavy atom. The number of aromatic nitrogens is 1. The van der Waals surface area contributed by atoms with E-state index in [1.54, 1.807) is 0 Å². The monoisotopic (exact) mass is 454 g/mol. The Balaban J connectivity index is 1.25. The van der Waals surface area contributed by atoms with E-state index in [9.17, 15) is 4.79 Å². The van der Waals surface area contributed by atoms with Gasteiger partial charge in [-0.2, -0.15) is 0 Å². The predicted molar refractivity (Wildman–Crippen MR) is 135 cm³/mol. The molecule has 2 unspecified atom stereocenters. The van der Waals surface area contributed by atoms with Crippen molar-refractivity contribution in [2.75, 3.05) is 13.2 Å². The van der Waals surface area contributed by atoms with E-state index in [1.165, 1.54) is 22.1 Å². The van der Waals surface area contributed by atoms with Gasteiger partial charge in [0.1, 0.15) is 0 Å². The number of carbonyl (C=O) groups excluding carboxylic acids is 1. The van der Waals surface area contributed by atoms with Crippen molar-refractivity contribution in [1.82, 2.24) is 9.88 Å². The smallest absolute Gasteiger partial charge is 0.233 e. The Morgan fingerprint density at radius 2 is 1.79 bits per heavy atom. The van der Waals surface area contributed by atoms with Gasteiger partial charge in [0.2, 0.25) is 5.91 Å². The van der Waals surface area contributed by atoms with Crippen molar-refractivity contribution in [3.63, 3.8) is 0 Å². The van der Waals surface area contributed by atoms with E-state index in [1.807, 2.05) is 12.3 Å². The van der Waals surface area contributed by atoms with E-state index in [2.05, 4.69) is 65.3 Å². The first-order valence-corrected chi connectivity index (χ1v) is 12.9. The van der Waals surface area contributed by atoms with Crippen LogP contribution in [0, 0.1) is 12.8 Å². The Hall–Kier alpha value is -2.72. The van der Waals surface area contributed by atoms with Crippen LogP contribution >= 0.6 is 0 Å². The Bertz CT molecular complexity index is 1180. The summed E-state index contributed by atoms with van der Waals surface area (Å²) in [6, 6.07) is 20.1. The van der Waals surface area contributed by atoms with Crippen LogP contribution in [0.4, 0.5) is 0 Å². The van der Waals surface area contributed by atoms with Gasteiger partial charge < -0.3 is 9.64 Å². The zero-order valence-corrected chi connectivity index (χ0v) is 20.1. The molecule has 34 heavy (non-hydrogen) atoms. The van der Waals surface area contributed by atoms with E-state index in [4.69, 9.17) is 4.74 Å². The molecule has 4 nitrogen and oxygen atoms in total. The van der Waals surface area contributed by atoms with E-state index < -0.39 is 5.41 Å². The van der Waals surface area contributed by atoms with Crippen LogP contribution in [-0.4, -0.2) is 41.1 Å². The topological polar surface area (TPSA) is 42.4 Å². The molecule has 3 aromatic rings. The minimum absolute atomic E-state index is 0.363. The number of carbonyl (C=O) groups is 1. The predicted octanol–water partition coefficient (Wildman–Crippen LogP) is 5.60. The maximum absolute atomic E-state index is 14.3. The summed E-state index contributed by atoms with van der Waals surface area (Å²) in [6.45, 7) is 3.46. The number of fused-ring (bicyclic) bond motifs is 3. The Morgan fingerprint density at radius 1 is 1.03 bits per heavy atom. The molecule has 0 radical (unpaired) electrons. The summed E-state index contributed by atoms with van der Waals surface area (Å²) in [5.74, 6) is 0.985. The van der Waals surface area contributed by atoms with E-state index >= 15 is 0 Å². The van der Waals surface area contributed by atoms with Gasteiger partial charge in [0.25, 0.3) is 0 Å². The average molecular weight is 455 g/mol. The maximum Gasteiger partial charge on any atom is 0.233 e. The standard InChI is InChI=1S/C30H34N2O2/c1-21-5-2-7-24(17-21)30(12-15-34-16-13-30)29(33)32-25-10-11-26(32)20-22(19-25)18-23-6-3-9-28-27(23)8-4-14-31-28/h2-9,14,17,22,25-26H,10-13,15-16,18-20H2,1H3. The van der Waals surface area contributed by atoms with Crippen molar-refractivity contribution in [1.29, 1.82) is 0 Å². The molecule has 0 N–H and O–H groups in total. The summed E-state index contributed by atoms with van der Waals surface area (Å²) in [7, 11) is 0. The number of nitrogens with zero attached hydrogens (tertiary/aromatic N) is 2. The zero-order chi connectivity index (χ0) is 23.1. The number of hydrogen-bond donors (Lipinski definition) is 0. The molecule has 2 atom stereocenters. The first-order chi connectivity index (χ1) is 16.6. The fraction of sp³-hybridized carbons (Fsp3) is 0.467. The highest BCUT2D eigenvalue weighted by Gasteiger charge is 2.51. The van der Waals surface area contributed by atoms with Gasteiger partial charge in [-0.1, -0.05) is 48.0 Å². The summed E-state index contributed by atoms with van der Waals surface area (Å²) in [5, 5.41) is 1.27. The van der Waals surface area contributed by atoms with Crippen molar-refractivity contribution in [2.45, 2.75) is 69.4 Å². The van der Waals surface area contributed by atoms with E-state index in [-0.39, 0.29) is 0 Å². The minimum atomic E-state index is -0.431. The van der Waals surface area contributed by atoms with Gasteiger partial charge >= 0.3 is 0 Å². The second-order valence-corrected chi connectivity index (χ2v) is 10.7. The molecule has 0 saturated carbocycles. The van der Waals surface area contributed by atoms with Gasteiger partial charge in [-0.05, 0) is 81.0 Å². The second kappa shape index (κ2) is 8.81. The third-order valence-electron chi connectivity index (χ3n) is 8.64. The Kier molecular flexibility index (Phi) is 5.65. The van der Waals surface area contributed by atoms with Crippen molar-refractivity contribution in [3.8, 4) is 0 Å². The number of piperidine rings is 1. The first-order valence-electron chi connectivity index (χ1n) is 12.9. The molecule has 1 amide bonds. The molecule has 3 saturated heterocycles. The van der Waals surface area contributed by atoms with Crippen LogP contribution in [0.2, 0.25) is 0 Å². The highest BCUT2D eigenvalue weighted by Crippen LogP contribution is 2.45. The number of amides is 1. The third kappa shape index (κ3) is 3.73. The lowest BCUT2D eigenvalue weighted by molar-refractivity contribution is -0.146. The summed E-state index contributed by atoms with van der Waals surface area (Å²) in [6.07, 6.45) is 9.04. The summed E-state index contributed by atoms with van der Waals surface area (Å²) in [5.41, 5.74) is 4.46. The number of ether oxygens (including phenoxy) is 1. The fourth-order valence-corrected chi connectivity index (χ4v) is 6.98. The number of hydrogen-bond acceptors (Lipinski definition) is 3. The SMILES string of the molecule is Cc1cccc(C2(C(=O)N3C4CCC3CC(Cc3cccc5ncccc35)C4)CCOCC2)c1. The Labute approximate surface area is 202 Å². The maximum atomic E-state index is 14.3. The molecule has 2 bridgehead atoms. The lowest BCUT2D eigenvalue weighted by Gasteiger charge is -2.46. The number of pyridine rings is 1. The molecule has 3 aliphatic heterocycles. The molecule has 6 rings (SSSR count). The highest BCUT2D eigenvalue weighted by molar-refractivity contribution is 5.89. The van der Waals surface area contributed by atoms with Crippen molar-refractivity contribution < 1.29 is 9.53 Å². The van der Waals surface area contributed by atoms with Crippen LogP contribution in [0.5, 0.6) is 0 Å². The second-order valence-electron chi connectivity index (χ2n) is 10.7. The molecule has 0 aliphatic carbocycles. The van der Waals surface area contributed by atoms with Gasteiger partial charge in [-0.3, -0.25) is 9.78 Å². The van der Waals surface area contributed by atoms with E-state index in [0.29, 0.717) is 37.1 Å². The average Bonchev–Trinajstić information content (AvgIpc) is 3.14. The van der Waals surface area contributed by atoms with Crippen LogP contribution < -0.4 is 0 Å². The fourth-order valence-electron chi connectivity index (χ4n) is 6.98. The summed E-state index contributed by atoms with van der Waals surface area (Å²) < 4.78 is 5.73. The lowest BCUT2D eigenvalue weighted by atomic mass is 9.71. The molecule has 0 spiro atoms. The normalized spacial score (nSPS) is 26.0. The van der Waals surface area contributed by atoms with Gasteiger partial charge in [0.15, 0.2) is 0 Å². The molecular formula is C30H34N2O2. The molecule has 4 heteroatoms. The van der Waals surface area contributed by atoms with Gasteiger partial charge in [0, 0.05) is 36.9 Å². The molecular weight excluding hydrogens is 420 g/mol. The summed E-state index contributed by atoms with van der Waals surface area (Å²) >= 11 is 0. The number of aryl methyl sites for hydroxylation is 1. The van der Waals surface area contributed by atoms with Crippen molar-refractivity contribution >= 4 is 16.8 Å². The zero-order valence-electron chi connectivity index (χ0n) is 20.1. The van der Waals surface area contributed by atoms with Crippen LogP contribution in [-0.2, 0) is 21.4 Å². The molecule has 1 aromatic heterocycles. The van der Waals surface area contributed by atoms with Crippen LogP contribution in [0.15, 0.2) is 60.8 Å². The highest BCUT2D eigenvalue weighted by atomic mass is 16.5. The number of rotatable bonds is 4. The number of benzene rings is 2.